The quantitative estimate of drug-likeness (QED) is 0.659. The Labute approximate surface area is 108 Å². The van der Waals surface area contributed by atoms with Crippen LogP contribution in [0.25, 0.3) is 10.8 Å². The lowest BCUT2D eigenvalue weighted by molar-refractivity contribution is 0.271. The van der Waals surface area contributed by atoms with Gasteiger partial charge >= 0.3 is 0 Å². The highest BCUT2D eigenvalue weighted by Crippen LogP contribution is 2.45. The van der Waals surface area contributed by atoms with E-state index in [0.717, 1.165) is 11.8 Å². The van der Waals surface area contributed by atoms with Gasteiger partial charge < -0.3 is 0 Å². The zero-order chi connectivity index (χ0) is 11.9. The molecule has 2 aromatic rings. The van der Waals surface area contributed by atoms with E-state index in [1.807, 2.05) is 0 Å². The number of pyridine rings is 1. The Hall–Kier alpha value is -1.37. The zero-order valence-corrected chi connectivity index (χ0v) is 10.7. The zero-order valence-electron chi connectivity index (χ0n) is 10.7. The number of aromatic nitrogens is 1. The fourth-order valence-corrected chi connectivity index (χ4v) is 4.06. The molecule has 0 bridgehead atoms. The predicted octanol–water partition coefficient (Wildman–Crippen LogP) is 4.45. The Balaban J connectivity index is 1.90. The number of benzene rings is 1. The van der Waals surface area contributed by atoms with E-state index in [4.69, 9.17) is 4.98 Å². The van der Waals surface area contributed by atoms with Gasteiger partial charge in [0.1, 0.15) is 0 Å². The molecule has 2 aliphatic rings. The van der Waals surface area contributed by atoms with Crippen molar-refractivity contribution in [1.29, 1.82) is 0 Å². The summed E-state index contributed by atoms with van der Waals surface area (Å²) in [6, 6.07) is 8.74. The molecule has 0 saturated heterocycles. The minimum Gasteiger partial charge on any atom is -0.260 e. The molecule has 1 aromatic heterocycles. The average Bonchev–Trinajstić information content (AvgIpc) is 2.46. The predicted molar refractivity (Wildman–Crippen MR) is 74.8 cm³/mol. The monoisotopic (exact) mass is 237 g/mol. The van der Waals surface area contributed by atoms with Gasteiger partial charge in [0.15, 0.2) is 0 Å². The topological polar surface area (TPSA) is 12.9 Å². The molecule has 1 heterocycles. The lowest BCUT2D eigenvalue weighted by Gasteiger charge is -2.36. The Bertz CT molecular complexity index is 587. The number of hydrogen-bond donors (Lipinski definition) is 0. The highest BCUT2D eigenvalue weighted by Gasteiger charge is 2.33. The van der Waals surface area contributed by atoms with Gasteiger partial charge in [0.05, 0.1) is 0 Å². The van der Waals surface area contributed by atoms with Gasteiger partial charge in [-0.2, -0.15) is 0 Å². The fraction of sp³-hybridized carbons (Fsp3) is 0.471. The summed E-state index contributed by atoms with van der Waals surface area (Å²) in [5.41, 5.74) is 2.99. The third-order valence-electron chi connectivity index (χ3n) is 4.96. The van der Waals surface area contributed by atoms with Gasteiger partial charge in [-0.15, -0.1) is 0 Å². The summed E-state index contributed by atoms with van der Waals surface area (Å²) in [5.74, 6) is 1.67. The van der Waals surface area contributed by atoms with Gasteiger partial charge in [-0.05, 0) is 42.6 Å². The molecule has 1 saturated carbocycles. The molecule has 0 aliphatic heterocycles. The van der Waals surface area contributed by atoms with Crippen molar-refractivity contribution in [3.63, 3.8) is 0 Å². The summed E-state index contributed by atoms with van der Waals surface area (Å²) < 4.78 is 0. The lowest BCUT2D eigenvalue weighted by atomic mass is 9.69. The van der Waals surface area contributed by atoms with Crippen LogP contribution in [-0.4, -0.2) is 4.98 Å². The van der Waals surface area contributed by atoms with Crippen LogP contribution in [0.1, 0.15) is 49.3 Å². The Morgan fingerprint density at radius 2 is 1.89 bits per heavy atom. The minimum absolute atomic E-state index is 0.757. The first-order chi connectivity index (χ1) is 8.93. The molecule has 1 fully saturated rings. The van der Waals surface area contributed by atoms with E-state index in [1.165, 1.54) is 55.0 Å². The minimum atomic E-state index is 0.757. The largest absolute Gasteiger partial charge is 0.260 e. The Morgan fingerprint density at radius 3 is 2.89 bits per heavy atom. The molecule has 1 nitrogen and oxygen atoms in total. The second kappa shape index (κ2) is 4.08. The summed E-state index contributed by atoms with van der Waals surface area (Å²) in [6.07, 6.45) is 10.3. The van der Waals surface area contributed by atoms with Crippen LogP contribution < -0.4 is 0 Å². The normalized spacial score (nSPS) is 26.7. The SMILES string of the molecule is c1ccc2c3c(ncc2c1)C1CCCCC1CC3. The summed E-state index contributed by atoms with van der Waals surface area (Å²) >= 11 is 0. The van der Waals surface area contributed by atoms with E-state index in [-0.39, 0.29) is 0 Å². The maximum atomic E-state index is 4.83. The smallest absolute Gasteiger partial charge is 0.0475 e. The summed E-state index contributed by atoms with van der Waals surface area (Å²) in [4.78, 5) is 4.83. The number of fused-ring (bicyclic) bond motifs is 5. The molecule has 0 amide bonds. The van der Waals surface area contributed by atoms with Crippen molar-refractivity contribution in [1.82, 2.24) is 4.98 Å². The molecule has 0 spiro atoms. The molecular weight excluding hydrogens is 218 g/mol. The second-order valence-corrected chi connectivity index (χ2v) is 5.90. The van der Waals surface area contributed by atoms with Crippen LogP contribution in [-0.2, 0) is 6.42 Å². The number of nitrogens with zero attached hydrogens (tertiary/aromatic N) is 1. The molecule has 2 atom stereocenters. The molecule has 1 heteroatoms. The van der Waals surface area contributed by atoms with Crippen molar-refractivity contribution in [2.45, 2.75) is 44.4 Å². The molecular formula is C17H19N. The highest BCUT2D eigenvalue weighted by molar-refractivity contribution is 5.85. The lowest BCUT2D eigenvalue weighted by Crippen LogP contribution is -2.25. The molecule has 0 N–H and O–H groups in total. The highest BCUT2D eigenvalue weighted by atomic mass is 14.7. The standard InChI is InChI=1S/C17H19N/c1-4-8-15-12(5-1)9-10-16-14-7-3-2-6-13(14)11-18-17(15)16/h2-3,6-7,11-12,15H,1,4-5,8-10H2. The third-order valence-corrected chi connectivity index (χ3v) is 4.96. The molecule has 1 aromatic carbocycles. The van der Waals surface area contributed by atoms with E-state index in [2.05, 4.69) is 30.5 Å². The number of rotatable bonds is 0. The molecule has 0 radical (unpaired) electrons. The van der Waals surface area contributed by atoms with E-state index >= 15 is 0 Å². The Morgan fingerprint density at radius 1 is 1.00 bits per heavy atom. The first kappa shape index (κ1) is 10.5. The van der Waals surface area contributed by atoms with E-state index in [1.54, 1.807) is 5.56 Å². The van der Waals surface area contributed by atoms with Crippen molar-refractivity contribution < 1.29 is 0 Å². The van der Waals surface area contributed by atoms with E-state index in [9.17, 15) is 0 Å². The Kier molecular flexibility index (Phi) is 2.39. The van der Waals surface area contributed by atoms with Crippen LogP contribution in [0.2, 0.25) is 0 Å². The number of aryl methyl sites for hydroxylation is 1. The van der Waals surface area contributed by atoms with Crippen molar-refractivity contribution in [2.75, 3.05) is 0 Å². The van der Waals surface area contributed by atoms with Gasteiger partial charge in [-0.3, -0.25) is 4.98 Å². The molecule has 4 rings (SSSR count). The molecule has 92 valence electrons. The van der Waals surface area contributed by atoms with Gasteiger partial charge in [-0.25, -0.2) is 0 Å². The third kappa shape index (κ3) is 1.50. The van der Waals surface area contributed by atoms with Crippen molar-refractivity contribution in [3.8, 4) is 0 Å². The van der Waals surface area contributed by atoms with Crippen LogP contribution in [0, 0.1) is 5.92 Å². The van der Waals surface area contributed by atoms with Crippen LogP contribution >= 0.6 is 0 Å². The van der Waals surface area contributed by atoms with Crippen molar-refractivity contribution in [3.05, 3.63) is 41.7 Å². The van der Waals surface area contributed by atoms with Gasteiger partial charge in [0.25, 0.3) is 0 Å². The van der Waals surface area contributed by atoms with Crippen LogP contribution in [0.3, 0.4) is 0 Å². The van der Waals surface area contributed by atoms with Gasteiger partial charge in [0, 0.05) is 23.2 Å². The first-order valence-corrected chi connectivity index (χ1v) is 7.30. The fourth-order valence-electron chi connectivity index (χ4n) is 4.06. The van der Waals surface area contributed by atoms with Crippen molar-refractivity contribution in [2.24, 2.45) is 5.92 Å². The van der Waals surface area contributed by atoms with Crippen LogP contribution in [0.5, 0.6) is 0 Å². The van der Waals surface area contributed by atoms with E-state index in [0.29, 0.717) is 0 Å². The van der Waals surface area contributed by atoms with Crippen molar-refractivity contribution >= 4 is 10.8 Å². The van der Waals surface area contributed by atoms with Gasteiger partial charge in [0.2, 0.25) is 0 Å². The van der Waals surface area contributed by atoms with Gasteiger partial charge in [-0.1, -0.05) is 37.1 Å². The van der Waals surface area contributed by atoms with Crippen LogP contribution in [0.15, 0.2) is 30.5 Å². The summed E-state index contributed by atoms with van der Waals surface area (Å²) in [7, 11) is 0. The molecule has 18 heavy (non-hydrogen) atoms. The number of hydrogen-bond acceptors (Lipinski definition) is 1. The molecule has 2 aliphatic carbocycles. The molecule has 2 unspecified atom stereocenters. The second-order valence-electron chi connectivity index (χ2n) is 5.90. The maximum absolute atomic E-state index is 4.83. The van der Waals surface area contributed by atoms with E-state index < -0.39 is 0 Å². The average molecular weight is 237 g/mol. The summed E-state index contributed by atoms with van der Waals surface area (Å²) in [6.45, 7) is 0. The first-order valence-electron chi connectivity index (χ1n) is 7.30. The summed E-state index contributed by atoms with van der Waals surface area (Å²) in [5, 5.41) is 2.76. The maximum Gasteiger partial charge on any atom is 0.0475 e. The van der Waals surface area contributed by atoms with Crippen LogP contribution in [0.4, 0.5) is 0 Å².